The Kier molecular flexibility index (Phi) is 4.96. The van der Waals surface area contributed by atoms with Crippen molar-refractivity contribution >= 4 is 6.03 Å². The largest absolute Gasteiger partial charge is 0.467 e. The lowest BCUT2D eigenvalue weighted by Crippen LogP contribution is -2.37. The van der Waals surface area contributed by atoms with E-state index in [2.05, 4.69) is 10.3 Å². The van der Waals surface area contributed by atoms with Crippen LogP contribution in [0.15, 0.2) is 63.8 Å². The summed E-state index contributed by atoms with van der Waals surface area (Å²) >= 11 is 0. The highest BCUT2D eigenvalue weighted by molar-refractivity contribution is 5.73. The molecule has 0 radical (unpaired) electrons. The maximum atomic E-state index is 12.0. The van der Waals surface area contributed by atoms with Crippen LogP contribution in [0.4, 0.5) is 4.79 Å². The van der Waals surface area contributed by atoms with Gasteiger partial charge in [0, 0.05) is 25.6 Å². The van der Waals surface area contributed by atoms with Crippen LogP contribution in [0.2, 0.25) is 0 Å². The zero-order chi connectivity index (χ0) is 16.8. The van der Waals surface area contributed by atoms with Gasteiger partial charge in [0.2, 0.25) is 5.89 Å². The lowest BCUT2D eigenvalue weighted by Gasteiger charge is -2.16. The first kappa shape index (κ1) is 15.9. The summed E-state index contributed by atoms with van der Waals surface area (Å²) in [6.07, 6.45) is 3.83. The molecule has 3 rings (SSSR count). The number of nitrogens with zero attached hydrogens (tertiary/aromatic N) is 2. The Bertz CT molecular complexity index is 766. The lowest BCUT2D eigenvalue weighted by molar-refractivity contribution is 0.203. The van der Waals surface area contributed by atoms with Gasteiger partial charge in [-0.15, -0.1) is 0 Å². The number of hydrogen-bond acceptors (Lipinski definition) is 4. The summed E-state index contributed by atoms with van der Waals surface area (Å²) in [6.45, 7) is 0.920. The normalized spacial score (nSPS) is 10.5. The molecule has 2 aromatic heterocycles. The van der Waals surface area contributed by atoms with Gasteiger partial charge in [0.25, 0.3) is 0 Å². The van der Waals surface area contributed by atoms with E-state index in [4.69, 9.17) is 8.83 Å². The van der Waals surface area contributed by atoms with Gasteiger partial charge >= 0.3 is 6.03 Å². The van der Waals surface area contributed by atoms with E-state index < -0.39 is 0 Å². The molecule has 0 aliphatic rings. The van der Waals surface area contributed by atoms with Crippen molar-refractivity contribution in [2.24, 2.45) is 0 Å². The molecular formula is C18H19N3O3. The molecule has 0 spiro atoms. The molecule has 0 aliphatic carbocycles. The molecule has 2 amide bonds. The average Bonchev–Trinajstić information content (AvgIpc) is 3.27. The number of benzene rings is 1. The van der Waals surface area contributed by atoms with Crippen molar-refractivity contribution in [1.82, 2.24) is 15.2 Å². The SMILES string of the molecule is CN(Cc1ccco1)C(=O)NCCc1coc(-c2ccccc2)n1. The average molecular weight is 325 g/mol. The first-order chi connectivity index (χ1) is 11.7. The molecule has 0 bridgehead atoms. The fraction of sp³-hybridized carbons (Fsp3) is 0.222. The topological polar surface area (TPSA) is 71.5 Å². The summed E-state index contributed by atoms with van der Waals surface area (Å²) < 4.78 is 10.7. The number of urea groups is 1. The van der Waals surface area contributed by atoms with E-state index in [0.29, 0.717) is 25.4 Å². The number of nitrogens with one attached hydrogen (secondary N) is 1. The number of hydrogen-bond donors (Lipinski definition) is 1. The van der Waals surface area contributed by atoms with Gasteiger partial charge in [-0.25, -0.2) is 9.78 Å². The van der Waals surface area contributed by atoms with Crippen molar-refractivity contribution in [2.45, 2.75) is 13.0 Å². The molecule has 0 atom stereocenters. The van der Waals surface area contributed by atoms with Crippen LogP contribution in [0.25, 0.3) is 11.5 Å². The highest BCUT2D eigenvalue weighted by atomic mass is 16.3. The van der Waals surface area contributed by atoms with E-state index in [-0.39, 0.29) is 6.03 Å². The lowest BCUT2D eigenvalue weighted by atomic mass is 10.2. The van der Waals surface area contributed by atoms with E-state index in [9.17, 15) is 4.79 Å². The van der Waals surface area contributed by atoms with Gasteiger partial charge in [0.05, 0.1) is 18.5 Å². The van der Waals surface area contributed by atoms with Gasteiger partial charge in [-0.1, -0.05) is 18.2 Å². The minimum atomic E-state index is -0.154. The summed E-state index contributed by atoms with van der Waals surface area (Å²) in [7, 11) is 1.72. The number of carbonyl (C=O) groups is 1. The molecule has 0 saturated heterocycles. The standard InChI is InChI=1S/C18H19N3O3/c1-21(12-16-8-5-11-23-16)18(22)19-10-9-15-13-24-17(20-15)14-6-3-2-4-7-14/h2-8,11,13H,9-10,12H2,1H3,(H,19,22). The monoisotopic (exact) mass is 325 g/mol. The molecule has 124 valence electrons. The molecule has 1 N–H and O–H groups in total. The summed E-state index contributed by atoms with van der Waals surface area (Å²) in [6, 6.07) is 13.2. The second-order valence-corrected chi connectivity index (χ2v) is 5.43. The summed E-state index contributed by atoms with van der Waals surface area (Å²) in [5.74, 6) is 1.34. The molecule has 0 unspecified atom stereocenters. The third-order valence-electron chi connectivity index (χ3n) is 3.55. The van der Waals surface area contributed by atoms with Crippen molar-refractivity contribution in [2.75, 3.05) is 13.6 Å². The molecule has 0 fully saturated rings. The summed E-state index contributed by atoms with van der Waals surface area (Å²) in [5.41, 5.74) is 1.74. The van der Waals surface area contributed by atoms with Crippen LogP contribution >= 0.6 is 0 Å². The van der Waals surface area contributed by atoms with Gasteiger partial charge in [0.1, 0.15) is 12.0 Å². The second-order valence-electron chi connectivity index (χ2n) is 5.43. The van der Waals surface area contributed by atoms with E-state index >= 15 is 0 Å². The highest BCUT2D eigenvalue weighted by Gasteiger charge is 2.11. The molecule has 2 heterocycles. The van der Waals surface area contributed by atoms with Crippen LogP contribution in [0.3, 0.4) is 0 Å². The number of amides is 2. The summed E-state index contributed by atoms with van der Waals surface area (Å²) in [4.78, 5) is 18.0. The van der Waals surface area contributed by atoms with Crippen molar-refractivity contribution in [3.8, 4) is 11.5 Å². The van der Waals surface area contributed by atoms with Gasteiger partial charge in [-0.05, 0) is 24.3 Å². The van der Waals surface area contributed by atoms with E-state index in [1.165, 1.54) is 0 Å². The molecule has 6 nitrogen and oxygen atoms in total. The van der Waals surface area contributed by atoms with Crippen molar-refractivity contribution in [3.63, 3.8) is 0 Å². The number of rotatable bonds is 6. The second kappa shape index (κ2) is 7.50. The fourth-order valence-corrected chi connectivity index (χ4v) is 2.28. The molecule has 1 aromatic carbocycles. The Morgan fingerprint density at radius 2 is 2.00 bits per heavy atom. The van der Waals surface area contributed by atoms with E-state index in [1.807, 2.05) is 36.4 Å². The Labute approximate surface area is 140 Å². The van der Waals surface area contributed by atoms with Crippen LogP contribution in [-0.4, -0.2) is 29.5 Å². The fourth-order valence-electron chi connectivity index (χ4n) is 2.28. The molecule has 6 heteroatoms. The van der Waals surface area contributed by atoms with Crippen LogP contribution in [0.1, 0.15) is 11.5 Å². The maximum Gasteiger partial charge on any atom is 0.317 e. The van der Waals surface area contributed by atoms with Crippen molar-refractivity contribution in [1.29, 1.82) is 0 Å². The van der Waals surface area contributed by atoms with E-state index in [1.54, 1.807) is 30.5 Å². The number of carbonyl (C=O) groups excluding carboxylic acids is 1. The number of oxazole rings is 1. The molecule has 0 aliphatic heterocycles. The van der Waals surface area contributed by atoms with Gasteiger partial charge in [0.15, 0.2) is 0 Å². The predicted octanol–water partition coefficient (Wildman–Crippen LogP) is 3.32. The first-order valence-electron chi connectivity index (χ1n) is 7.73. The Morgan fingerprint density at radius 3 is 2.75 bits per heavy atom. The van der Waals surface area contributed by atoms with Crippen molar-refractivity contribution < 1.29 is 13.6 Å². The van der Waals surface area contributed by atoms with Crippen molar-refractivity contribution in [3.05, 3.63) is 66.4 Å². The summed E-state index contributed by atoms with van der Waals surface area (Å²) in [5, 5.41) is 2.86. The van der Waals surface area contributed by atoms with E-state index in [0.717, 1.165) is 17.0 Å². The number of furan rings is 1. The zero-order valence-electron chi connectivity index (χ0n) is 13.4. The molecule has 24 heavy (non-hydrogen) atoms. The minimum absolute atomic E-state index is 0.154. The van der Waals surface area contributed by atoms with Crippen LogP contribution in [0, 0.1) is 0 Å². The van der Waals surface area contributed by atoms with Gasteiger partial charge in [-0.3, -0.25) is 0 Å². The maximum absolute atomic E-state index is 12.0. The molecule has 0 saturated carbocycles. The Hall–Kier alpha value is -3.02. The first-order valence-corrected chi connectivity index (χ1v) is 7.73. The zero-order valence-corrected chi connectivity index (χ0v) is 13.4. The van der Waals surface area contributed by atoms with Crippen LogP contribution in [0.5, 0.6) is 0 Å². The van der Waals surface area contributed by atoms with Crippen LogP contribution in [-0.2, 0) is 13.0 Å². The Balaban J connectivity index is 1.46. The van der Waals surface area contributed by atoms with Gasteiger partial charge in [-0.2, -0.15) is 0 Å². The number of aromatic nitrogens is 1. The Morgan fingerprint density at radius 1 is 1.17 bits per heavy atom. The predicted molar refractivity (Wildman–Crippen MR) is 89.2 cm³/mol. The smallest absolute Gasteiger partial charge is 0.317 e. The highest BCUT2D eigenvalue weighted by Crippen LogP contribution is 2.17. The quantitative estimate of drug-likeness (QED) is 0.754. The molecular weight excluding hydrogens is 306 g/mol. The third kappa shape index (κ3) is 4.04. The van der Waals surface area contributed by atoms with Gasteiger partial charge < -0.3 is 19.1 Å². The molecule has 3 aromatic rings. The third-order valence-corrected chi connectivity index (χ3v) is 3.55. The van der Waals surface area contributed by atoms with Crippen LogP contribution < -0.4 is 5.32 Å². The minimum Gasteiger partial charge on any atom is -0.467 e.